The SMILES string of the molecule is CCCC(C)NC(=O)Nc1cccc(C#N)c1. The molecule has 2 amide bonds. The number of carbonyl (C=O) groups excluding carboxylic acids is 1. The number of nitrogens with zero attached hydrogens (tertiary/aromatic N) is 1. The Bertz CT molecular complexity index is 423. The molecule has 1 aromatic carbocycles. The average molecular weight is 231 g/mol. The van der Waals surface area contributed by atoms with Crippen molar-refractivity contribution in [2.45, 2.75) is 32.7 Å². The van der Waals surface area contributed by atoms with Crippen LogP contribution in [0.4, 0.5) is 10.5 Å². The Balaban J connectivity index is 2.53. The van der Waals surface area contributed by atoms with Crippen molar-refractivity contribution in [3.63, 3.8) is 0 Å². The molecule has 0 radical (unpaired) electrons. The van der Waals surface area contributed by atoms with Gasteiger partial charge in [0.2, 0.25) is 0 Å². The van der Waals surface area contributed by atoms with E-state index in [4.69, 9.17) is 5.26 Å². The van der Waals surface area contributed by atoms with Gasteiger partial charge in [0, 0.05) is 11.7 Å². The van der Waals surface area contributed by atoms with E-state index in [1.165, 1.54) is 0 Å². The van der Waals surface area contributed by atoms with Gasteiger partial charge in [-0.25, -0.2) is 4.79 Å². The number of hydrogen-bond donors (Lipinski definition) is 2. The summed E-state index contributed by atoms with van der Waals surface area (Å²) in [6.07, 6.45) is 1.98. The van der Waals surface area contributed by atoms with Crippen molar-refractivity contribution < 1.29 is 4.79 Å². The smallest absolute Gasteiger partial charge is 0.319 e. The Hall–Kier alpha value is -2.02. The normalized spacial score (nSPS) is 11.4. The van der Waals surface area contributed by atoms with Crippen molar-refractivity contribution in [1.82, 2.24) is 5.32 Å². The van der Waals surface area contributed by atoms with Crippen molar-refractivity contribution >= 4 is 11.7 Å². The van der Waals surface area contributed by atoms with Crippen LogP contribution in [-0.2, 0) is 0 Å². The van der Waals surface area contributed by atoms with Crippen LogP contribution in [0, 0.1) is 11.3 Å². The van der Waals surface area contributed by atoms with Gasteiger partial charge in [0.1, 0.15) is 0 Å². The summed E-state index contributed by atoms with van der Waals surface area (Å²) in [6, 6.07) is 8.78. The summed E-state index contributed by atoms with van der Waals surface area (Å²) < 4.78 is 0. The Kier molecular flexibility index (Phi) is 5.02. The highest BCUT2D eigenvalue weighted by molar-refractivity contribution is 5.89. The van der Waals surface area contributed by atoms with Gasteiger partial charge in [0.15, 0.2) is 0 Å². The summed E-state index contributed by atoms with van der Waals surface area (Å²) in [5.41, 5.74) is 1.16. The van der Waals surface area contributed by atoms with Gasteiger partial charge in [-0.05, 0) is 31.5 Å². The molecule has 2 N–H and O–H groups in total. The van der Waals surface area contributed by atoms with Gasteiger partial charge in [-0.15, -0.1) is 0 Å². The Morgan fingerprint density at radius 1 is 1.53 bits per heavy atom. The van der Waals surface area contributed by atoms with E-state index in [0.29, 0.717) is 11.3 Å². The molecule has 0 bridgehead atoms. The molecule has 0 fully saturated rings. The van der Waals surface area contributed by atoms with E-state index in [2.05, 4.69) is 17.6 Å². The van der Waals surface area contributed by atoms with E-state index < -0.39 is 0 Å². The molecule has 0 saturated carbocycles. The highest BCUT2D eigenvalue weighted by atomic mass is 16.2. The molecule has 1 rings (SSSR count). The van der Waals surface area contributed by atoms with Gasteiger partial charge < -0.3 is 10.6 Å². The highest BCUT2D eigenvalue weighted by Crippen LogP contribution is 2.09. The highest BCUT2D eigenvalue weighted by Gasteiger charge is 2.06. The lowest BCUT2D eigenvalue weighted by molar-refractivity contribution is 0.248. The van der Waals surface area contributed by atoms with Gasteiger partial charge in [0.05, 0.1) is 11.6 Å². The first-order chi connectivity index (χ1) is 8.15. The molecule has 0 aliphatic rings. The first kappa shape index (κ1) is 13.0. The fourth-order valence-electron chi connectivity index (χ4n) is 1.56. The Morgan fingerprint density at radius 2 is 2.29 bits per heavy atom. The van der Waals surface area contributed by atoms with Crippen molar-refractivity contribution in [3.8, 4) is 6.07 Å². The number of anilines is 1. The molecule has 0 spiro atoms. The molecule has 0 aliphatic carbocycles. The summed E-state index contributed by atoms with van der Waals surface area (Å²) >= 11 is 0. The molecule has 1 aromatic rings. The van der Waals surface area contributed by atoms with Crippen LogP contribution in [0.25, 0.3) is 0 Å². The molecule has 90 valence electrons. The van der Waals surface area contributed by atoms with Crippen molar-refractivity contribution in [1.29, 1.82) is 5.26 Å². The predicted octanol–water partition coefficient (Wildman–Crippen LogP) is 2.87. The number of rotatable bonds is 4. The summed E-state index contributed by atoms with van der Waals surface area (Å²) in [5, 5.41) is 14.3. The molecule has 1 atom stereocenters. The summed E-state index contributed by atoms with van der Waals surface area (Å²) in [4.78, 5) is 11.6. The Labute approximate surface area is 102 Å². The number of benzene rings is 1. The van der Waals surface area contributed by atoms with Gasteiger partial charge in [-0.2, -0.15) is 5.26 Å². The standard InChI is InChI=1S/C13H17N3O/c1-3-5-10(2)15-13(17)16-12-7-4-6-11(8-12)9-14/h4,6-8,10H,3,5H2,1-2H3,(H2,15,16,17). The van der Waals surface area contributed by atoms with Crippen LogP contribution in [0.5, 0.6) is 0 Å². The molecule has 1 unspecified atom stereocenters. The lowest BCUT2D eigenvalue weighted by Crippen LogP contribution is -2.35. The number of urea groups is 1. The van der Waals surface area contributed by atoms with Crippen LogP contribution in [0.3, 0.4) is 0 Å². The minimum Gasteiger partial charge on any atom is -0.335 e. The molecule has 0 heterocycles. The van der Waals surface area contributed by atoms with E-state index >= 15 is 0 Å². The average Bonchev–Trinajstić information content (AvgIpc) is 2.29. The van der Waals surface area contributed by atoms with Crippen LogP contribution in [0.15, 0.2) is 24.3 Å². The minimum atomic E-state index is -0.235. The first-order valence-corrected chi connectivity index (χ1v) is 5.73. The fraction of sp³-hybridized carbons (Fsp3) is 0.385. The first-order valence-electron chi connectivity index (χ1n) is 5.73. The lowest BCUT2D eigenvalue weighted by atomic mass is 10.2. The summed E-state index contributed by atoms with van der Waals surface area (Å²) in [7, 11) is 0. The molecule has 0 saturated heterocycles. The second kappa shape index (κ2) is 6.54. The number of nitriles is 1. The molecule has 4 heteroatoms. The summed E-state index contributed by atoms with van der Waals surface area (Å²) in [6.45, 7) is 4.04. The van der Waals surface area contributed by atoms with Crippen molar-refractivity contribution in [2.24, 2.45) is 0 Å². The third kappa shape index (κ3) is 4.56. The van der Waals surface area contributed by atoms with Crippen molar-refractivity contribution in [2.75, 3.05) is 5.32 Å². The molecular weight excluding hydrogens is 214 g/mol. The van der Waals surface area contributed by atoms with Crippen LogP contribution in [0.1, 0.15) is 32.3 Å². The van der Waals surface area contributed by atoms with Gasteiger partial charge in [-0.1, -0.05) is 19.4 Å². The van der Waals surface area contributed by atoms with E-state index in [1.54, 1.807) is 24.3 Å². The largest absolute Gasteiger partial charge is 0.335 e. The van der Waals surface area contributed by atoms with Gasteiger partial charge in [0.25, 0.3) is 0 Å². The third-order valence-electron chi connectivity index (χ3n) is 2.35. The summed E-state index contributed by atoms with van der Waals surface area (Å²) in [5.74, 6) is 0. The maximum atomic E-state index is 11.6. The third-order valence-corrected chi connectivity index (χ3v) is 2.35. The predicted molar refractivity (Wildman–Crippen MR) is 67.7 cm³/mol. The van der Waals surface area contributed by atoms with E-state index in [-0.39, 0.29) is 12.1 Å². The van der Waals surface area contributed by atoms with E-state index in [1.807, 2.05) is 13.0 Å². The molecule has 17 heavy (non-hydrogen) atoms. The second-order valence-corrected chi connectivity index (χ2v) is 3.98. The zero-order valence-electron chi connectivity index (χ0n) is 10.2. The van der Waals surface area contributed by atoms with Gasteiger partial charge in [-0.3, -0.25) is 0 Å². The molecular formula is C13H17N3O. The van der Waals surface area contributed by atoms with E-state index in [9.17, 15) is 4.79 Å². The monoisotopic (exact) mass is 231 g/mol. The number of hydrogen-bond acceptors (Lipinski definition) is 2. The number of nitrogens with one attached hydrogen (secondary N) is 2. The van der Waals surface area contributed by atoms with E-state index in [0.717, 1.165) is 12.8 Å². The molecule has 4 nitrogen and oxygen atoms in total. The Morgan fingerprint density at radius 3 is 2.94 bits per heavy atom. The minimum absolute atomic E-state index is 0.152. The lowest BCUT2D eigenvalue weighted by Gasteiger charge is -2.13. The number of amides is 2. The zero-order chi connectivity index (χ0) is 12.7. The van der Waals surface area contributed by atoms with Crippen LogP contribution >= 0.6 is 0 Å². The van der Waals surface area contributed by atoms with Crippen LogP contribution < -0.4 is 10.6 Å². The maximum absolute atomic E-state index is 11.6. The van der Waals surface area contributed by atoms with Crippen LogP contribution in [0.2, 0.25) is 0 Å². The maximum Gasteiger partial charge on any atom is 0.319 e. The fourth-order valence-corrected chi connectivity index (χ4v) is 1.56. The van der Waals surface area contributed by atoms with Crippen LogP contribution in [-0.4, -0.2) is 12.1 Å². The quantitative estimate of drug-likeness (QED) is 0.836. The second-order valence-electron chi connectivity index (χ2n) is 3.98. The topological polar surface area (TPSA) is 64.9 Å². The number of carbonyl (C=O) groups is 1. The van der Waals surface area contributed by atoms with Crippen molar-refractivity contribution in [3.05, 3.63) is 29.8 Å². The zero-order valence-corrected chi connectivity index (χ0v) is 10.2. The van der Waals surface area contributed by atoms with Gasteiger partial charge >= 0.3 is 6.03 Å². The molecule has 0 aliphatic heterocycles. The molecule has 0 aromatic heterocycles.